The molecule has 2 rings (SSSR count). The molecule has 5 heteroatoms. The lowest BCUT2D eigenvalue weighted by Gasteiger charge is -2.24. The molecule has 2 aliphatic rings. The second-order valence-electron chi connectivity index (χ2n) is 6.31. The fraction of sp³-hybridized carbons (Fsp3) is 0.938. The van der Waals surface area contributed by atoms with Gasteiger partial charge in [0.15, 0.2) is 5.96 Å². The van der Waals surface area contributed by atoms with Gasteiger partial charge < -0.3 is 15.5 Å². The van der Waals surface area contributed by atoms with Crippen LogP contribution in [0.5, 0.6) is 0 Å². The van der Waals surface area contributed by atoms with E-state index in [0.29, 0.717) is 6.04 Å². The maximum Gasteiger partial charge on any atom is 0.191 e. The first kappa shape index (κ1) is 16.6. The Morgan fingerprint density at radius 1 is 1.10 bits per heavy atom. The van der Waals surface area contributed by atoms with Crippen molar-refractivity contribution < 1.29 is 0 Å². The van der Waals surface area contributed by atoms with E-state index in [-0.39, 0.29) is 0 Å². The Kier molecular flexibility index (Phi) is 6.77. The topological polar surface area (TPSA) is 42.9 Å². The van der Waals surface area contributed by atoms with Crippen molar-refractivity contribution in [1.29, 1.82) is 0 Å². The predicted octanol–water partition coefficient (Wildman–Crippen LogP) is 0.978. The van der Waals surface area contributed by atoms with Gasteiger partial charge in [0.1, 0.15) is 0 Å². The molecule has 2 unspecified atom stereocenters. The van der Waals surface area contributed by atoms with E-state index in [9.17, 15) is 0 Å². The van der Waals surface area contributed by atoms with E-state index >= 15 is 0 Å². The van der Waals surface area contributed by atoms with E-state index in [4.69, 9.17) is 0 Å². The third kappa shape index (κ3) is 4.85. The molecule has 2 fully saturated rings. The van der Waals surface area contributed by atoms with Gasteiger partial charge in [-0.3, -0.25) is 9.89 Å². The highest BCUT2D eigenvalue weighted by Crippen LogP contribution is 2.16. The summed E-state index contributed by atoms with van der Waals surface area (Å²) in [5.74, 6) is 1.73. The van der Waals surface area contributed by atoms with Crippen LogP contribution in [0.2, 0.25) is 0 Å². The zero-order chi connectivity index (χ0) is 15.1. The Hall–Kier alpha value is -0.810. The van der Waals surface area contributed by atoms with Gasteiger partial charge in [-0.15, -0.1) is 0 Å². The van der Waals surface area contributed by atoms with Gasteiger partial charge in [0.25, 0.3) is 0 Å². The van der Waals surface area contributed by atoms with Crippen LogP contribution in [0.4, 0.5) is 0 Å². The molecule has 122 valence electrons. The molecule has 0 saturated carbocycles. The van der Waals surface area contributed by atoms with Crippen LogP contribution >= 0.6 is 0 Å². The smallest absolute Gasteiger partial charge is 0.191 e. The van der Waals surface area contributed by atoms with E-state index in [0.717, 1.165) is 31.5 Å². The number of rotatable bonds is 6. The van der Waals surface area contributed by atoms with Gasteiger partial charge >= 0.3 is 0 Å². The third-order valence-electron chi connectivity index (χ3n) is 5.01. The molecule has 0 aromatic heterocycles. The summed E-state index contributed by atoms with van der Waals surface area (Å²) in [5.41, 5.74) is 0. The van der Waals surface area contributed by atoms with Crippen molar-refractivity contribution in [2.24, 2.45) is 10.9 Å². The highest BCUT2D eigenvalue weighted by Gasteiger charge is 2.23. The number of guanidine groups is 1. The minimum absolute atomic E-state index is 0.676. The van der Waals surface area contributed by atoms with Gasteiger partial charge in [0.05, 0.1) is 0 Å². The van der Waals surface area contributed by atoms with Gasteiger partial charge in [-0.2, -0.15) is 0 Å². The molecule has 0 radical (unpaired) electrons. The summed E-state index contributed by atoms with van der Waals surface area (Å²) >= 11 is 0. The number of hydrogen-bond donors (Lipinski definition) is 2. The zero-order valence-corrected chi connectivity index (χ0v) is 14.1. The number of aliphatic imine (C=N–C) groups is 1. The number of likely N-dealkylation sites (tertiary alicyclic amines) is 2. The number of nitrogens with zero attached hydrogens (tertiary/aromatic N) is 3. The number of nitrogens with one attached hydrogen (secondary N) is 2. The van der Waals surface area contributed by atoms with Crippen LogP contribution in [0.25, 0.3) is 0 Å². The van der Waals surface area contributed by atoms with Crippen molar-refractivity contribution >= 4 is 5.96 Å². The Bertz CT molecular complexity index is 331. The molecular formula is C16H33N5. The van der Waals surface area contributed by atoms with Crippen LogP contribution in [0, 0.1) is 5.92 Å². The van der Waals surface area contributed by atoms with Crippen molar-refractivity contribution in [2.45, 2.75) is 39.2 Å². The quantitative estimate of drug-likeness (QED) is 0.566. The van der Waals surface area contributed by atoms with Crippen LogP contribution in [-0.4, -0.2) is 74.7 Å². The van der Waals surface area contributed by atoms with Crippen molar-refractivity contribution in [2.75, 3.05) is 52.9 Å². The highest BCUT2D eigenvalue weighted by atomic mass is 15.2. The predicted molar refractivity (Wildman–Crippen MR) is 89.9 cm³/mol. The van der Waals surface area contributed by atoms with Gasteiger partial charge in [-0.25, -0.2) is 0 Å². The summed E-state index contributed by atoms with van der Waals surface area (Å²) < 4.78 is 0. The molecule has 2 aliphatic heterocycles. The molecule has 2 saturated heterocycles. The Morgan fingerprint density at radius 3 is 2.57 bits per heavy atom. The average Bonchev–Trinajstić information content (AvgIpc) is 3.15. The lowest BCUT2D eigenvalue weighted by Crippen LogP contribution is -2.46. The van der Waals surface area contributed by atoms with Crippen LogP contribution < -0.4 is 10.6 Å². The van der Waals surface area contributed by atoms with Gasteiger partial charge in [0, 0.05) is 32.7 Å². The lowest BCUT2D eigenvalue weighted by molar-refractivity contribution is 0.267. The summed E-state index contributed by atoms with van der Waals surface area (Å²) in [4.78, 5) is 9.46. The summed E-state index contributed by atoms with van der Waals surface area (Å²) in [6.07, 6.45) is 3.96. The van der Waals surface area contributed by atoms with Crippen molar-refractivity contribution in [3.05, 3.63) is 0 Å². The Morgan fingerprint density at radius 2 is 1.90 bits per heavy atom. The molecule has 0 bridgehead atoms. The molecule has 0 spiro atoms. The van der Waals surface area contributed by atoms with Crippen molar-refractivity contribution in [1.82, 2.24) is 20.4 Å². The second kappa shape index (κ2) is 8.59. The minimum atomic E-state index is 0.676. The molecular weight excluding hydrogens is 262 g/mol. The van der Waals surface area contributed by atoms with Crippen LogP contribution in [-0.2, 0) is 0 Å². The summed E-state index contributed by atoms with van der Waals surface area (Å²) in [6.45, 7) is 12.6. The van der Waals surface area contributed by atoms with Gasteiger partial charge in [-0.1, -0.05) is 13.8 Å². The largest absolute Gasteiger partial charge is 0.356 e. The maximum absolute atomic E-state index is 4.36. The van der Waals surface area contributed by atoms with E-state index in [2.05, 4.69) is 39.3 Å². The maximum atomic E-state index is 4.36. The average molecular weight is 295 g/mol. The third-order valence-corrected chi connectivity index (χ3v) is 5.01. The van der Waals surface area contributed by atoms with Gasteiger partial charge in [-0.05, 0) is 51.4 Å². The fourth-order valence-corrected chi connectivity index (χ4v) is 3.59. The Balaban J connectivity index is 1.67. The minimum Gasteiger partial charge on any atom is -0.356 e. The SMILES string of the molecule is CCN1CCC(CNC(=NC)NCC2CCCN2CC)C1. The van der Waals surface area contributed by atoms with Crippen LogP contribution in [0.3, 0.4) is 0 Å². The molecule has 0 amide bonds. The molecule has 2 atom stereocenters. The van der Waals surface area contributed by atoms with Crippen LogP contribution in [0.1, 0.15) is 33.1 Å². The van der Waals surface area contributed by atoms with Crippen molar-refractivity contribution in [3.8, 4) is 0 Å². The summed E-state index contributed by atoms with van der Waals surface area (Å²) in [5, 5.41) is 7.01. The van der Waals surface area contributed by atoms with Crippen LogP contribution in [0.15, 0.2) is 4.99 Å². The lowest BCUT2D eigenvalue weighted by atomic mass is 10.1. The first-order valence-corrected chi connectivity index (χ1v) is 8.67. The molecule has 0 aliphatic carbocycles. The fourth-order valence-electron chi connectivity index (χ4n) is 3.59. The van der Waals surface area contributed by atoms with Crippen molar-refractivity contribution in [3.63, 3.8) is 0 Å². The molecule has 5 nitrogen and oxygen atoms in total. The summed E-state index contributed by atoms with van der Waals surface area (Å²) in [6, 6.07) is 0.676. The van der Waals surface area contributed by atoms with Gasteiger partial charge in [0.2, 0.25) is 0 Å². The van der Waals surface area contributed by atoms with E-state index in [1.54, 1.807) is 0 Å². The van der Waals surface area contributed by atoms with E-state index in [1.807, 2.05) is 7.05 Å². The second-order valence-corrected chi connectivity index (χ2v) is 6.31. The monoisotopic (exact) mass is 295 g/mol. The van der Waals surface area contributed by atoms with E-state index in [1.165, 1.54) is 45.4 Å². The Labute approximate surface area is 130 Å². The zero-order valence-electron chi connectivity index (χ0n) is 14.1. The molecule has 2 heterocycles. The first-order chi connectivity index (χ1) is 10.3. The molecule has 0 aromatic carbocycles. The molecule has 21 heavy (non-hydrogen) atoms. The first-order valence-electron chi connectivity index (χ1n) is 8.67. The highest BCUT2D eigenvalue weighted by molar-refractivity contribution is 5.79. The summed E-state index contributed by atoms with van der Waals surface area (Å²) in [7, 11) is 1.87. The normalized spacial score (nSPS) is 28.2. The van der Waals surface area contributed by atoms with E-state index < -0.39 is 0 Å². The molecule has 2 N–H and O–H groups in total. The molecule has 0 aromatic rings. The number of likely N-dealkylation sites (N-methyl/N-ethyl adjacent to an activating group) is 1. The number of hydrogen-bond acceptors (Lipinski definition) is 3. The standard InChI is InChI=1S/C16H33N5/c1-4-20-10-8-14(13-20)11-18-16(17-3)19-12-15-7-6-9-21(15)5-2/h14-15H,4-13H2,1-3H3,(H2,17,18,19).